The van der Waals surface area contributed by atoms with Gasteiger partial charge in [0.25, 0.3) is 5.91 Å². The highest BCUT2D eigenvalue weighted by atomic mass is 32.2. The first-order chi connectivity index (χ1) is 20.4. The van der Waals surface area contributed by atoms with Gasteiger partial charge in [-0.2, -0.15) is 0 Å². The van der Waals surface area contributed by atoms with Crippen LogP contribution < -0.4 is 24.3 Å². The quantitative estimate of drug-likeness (QED) is 0.155. The molecule has 0 saturated heterocycles. The Morgan fingerprint density at radius 2 is 1.74 bits per heavy atom. The first-order valence-corrected chi connectivity index (χ1v) is 14.4. The number of aliphatic imine (C=N–C) groups is 1. The molecule has 0 fully saturated rings. The third kappa shape index (κ3) is 5.91. The fourth-order valence-electron chi connectivity index (χ4n) is 4.50. The monoisotopic (exact) mass is 583 g/mol. The highest BCUT2D eigenvalue weighted by molar-refractivity contribution is 8.14. The fourth-order valence-corrected chi connectivity index (χ4v) is 5.38. The maximum atomic E-state index is 13.6. The minimum Gasteiger partial charge on any atom is -0.539 e. The normalized spacial score (nSPS) is 13.9. The first kappa shape index (κ1) is 28.6. The maximum Gasteiger partial charge on any atom is 0.307 e. The lowest BCUT2D eigenvalue weighted by molar-refractivity contribution is -0.672. The molecule has 0 N–H and O–H groups in total. The number of amides is 1. The number of para-hydroxylation sites is 1. The van der Waals surface area contributed by atoms with E-state index in [9.17, 15) is 14.7 Å². The maximum absolute atomic E-state index is 13.6. The number of benzene rings is 3. The molecule has 214 valence electrons. The average molecular weight is 584 g/mol. The van der Waals surface area contributed by atoms with Crippen LogP contribution in [-0.4, -0.2) is 48.1 Å². The van der Waals surface area contributed by atoms with Crippen LogP contribution in [0.5, 0.6) is 11.7 Å². The van der Waals surface area contributed by atoms with Crippen LogP contribution in [0.25, 0.3) is 11.8 Å². The number of Topliss-reactive ketones (excluding diaryl/α,β-unsaturated/α-hetero) is 1. The second-order valence-corrected chi connectivity index (χ2v) is 10.1. The van der Waals surface area contributed by atoms with Gasteiger partial charge in [0, 0.05) is 30.9 Å². The molecule has 1 aliphatic rings. The van der Waals surface area contributed by atoms with Gasteiger partial charge in [0.1, 0.15) is 11.4 Å². The van der Waals surface area contributed by atoms with Gasteiger partial charge in [-0.25, -0.2) is 4.99 Å². The van der Waals surface area contributed by atoms with Gasteiger partial charge < -0.3 is 19.3 Å². The van der Waals surface area contributed by atoms with E-state index in [4.69, 9.17) is 9.26 Å². The van der Waals surface area contributed by atoms with Gasteiger partial charge in [-0.1, -0.05) is 42.1 Å². The summed E-state index contributed by atoms with van der Waals surface area (Å²) in [5.41, 5.74) is 3.02. The molecule has 5 rings (SSSR count). The van der Waals surface area contributed by atoms with Crippen LogP contribution in [0.2, 0.25) is 0 Å². The summed E-state index contributed by atoms with van der Waals surface area (Å²) in [6.07, 6.45) is 1.73. The second kappa shape index (κ2) is 12.7. The van der Waals surface area contributed by atoms with Crippen molar-refractivity contribution in [2.45, 2.75) is 13.8 Å². The number of carbonyl (C=O) groups excluding carboxylic acids is 2. The van der Waals surface area contributed by atoms with Crippen LogP contribution in [0, 0.1) is 0 Å². The van der Waals surface area contributed by atoms with Crippen molar-refractivity contribution in [3.05, 3.63) is 95.8 Å². The van der Waals surface area contributed by atoms with E-state index >= 15 is 0 Å². The Labute approximate surface area is 247 Å². The van der Waals surface area contributed by atoms with Crippen LogP contribution in [0.3, 0.4) is 0 Å². The van der Waals surface area contributed by atoms with Crippen molar-refractivity contribution in [1.29, 1.82) is 0 Å². The molecule has 1 aliphatic heterocycles. The number of anilines is 2. The lowest BCUT2D eigenvalue weighted by Gasteiger charge is -2.20. The smallest absolute Gasteiger partial charge is 0.307 e. The number of ketones is 1. The Kier molecular flexibility index (Phi) is 8.68. The molecule has 1 amide bonds. The van der Waals surface area contributed by atoms with E-state index in [1.807, 2.05) is 42.5 Å². The summed E-state index contributed by atoms with van der Waals surface area (Å²) in [5.74, 6) is -1.24. The topological polar surface area (TPSA) is 115 Å². The number of amidine groups is 1. The summed E-state index contributed by atoms with van der Waals surface area (Å²) in [6, 6.07) is 23.7. The molecule has 0 radical (unpaired) electrons. The molecule has 42 heavy (non-hydrogen) atoms. The van der Waals surface area contributed by atoms with Gasteiger partial charge in [-0.3, -0.25) is 14.5 Å². The zero-order chi connectivity index (χ0) is 29.6. The Bertz CT molecular complexity index is 1630. The van der Waals surface area contributed by atoms with Crippen molar-refractivity contribution in [3.8, 4) is 17.4 Å². The van der Waals surface area contributed by atoms with Crippen molar-refractivity contribution in [2.24, 2.45) is 4.99 Å². The minimum absolute atomic E-state index is 0.173. The van der Waals surface area contributed by atoms with E-state index in [0.29, 0.717) is 22.3 Å². The van der Waals surface area contributed by atoms with Crippen LogP contribution in [0.4, 0.5) is 11.4 Å². The Morgan fingerprint density at radius 1 is 1.05 bits per heavy atom. The lowest BCUT2D eigenvalue weighted by atomic mass is 10.1. The predicted octanol–water partition coefficient (Wildman–Crippen LogP) is 4.24. The molecule has 0 aliphatic carbocycles. The number of hydrogen-bond donors (Lipinski definition) is 0. The summed E-state index contributed by atoms with van der Waals surface area (Å²) in [7, 11) is 1.54. The van der Waals surface area contributed by atoms with Crippen LogP contribution in [-0.2, 0) is 4.79 Å². The van der Waals surface area contributed by atoms with Gasteiger partial charge in [0.2, 0.25) is 11.5 Å². The van der Waals surface area contributed by atoms with Crippen molar-refractivity contribution in [1.82, 2.24) is 5.27 Å². The zero-order valence-corrected chi connectivity index (χ0v) is 24.2. The Hall–Kier alpha value is -4.90. The van der Waals surface area contributed by atoms with Gasteiger partial charge in [0.15, 0.2) is 11.1 Å². The largest absolute Gasteiger partial charge is 0.539 e. The zero-order valence-electron chi connectivity index (χ0n) is 23.4. The van der Waals surface area contributed by atoms with Gasteiger partial charge >= 0.3 is 5.69 Å². The summed E-state index contributed by atoms with van der Waals surface area (Å²) < 4.78 is 11.1. The van der Waals surface area contributed by atoms with E-state index in [1.165, 1.54) is 4.90 Å². The standard InChI is InChI=1S/C31H29N5O5S/c1-4-34(5-2)22-13-11-21(12-14-22)19-26-29(38)35(23-9-7-6-8-10-23)31(32-26)42-20-27(37)28-30(39)41-33-36(28)24-15-17-25(40-3)18-16-24/h6-19H,4-5,20H2,1-3H3/b26-19+. The lowest BCUT2D eigenvalue weighted by Crippen LogP contribution is -2.39. The number of rotatable bonds is 10. The summed E-state index contributed by atoms with van der Waals surface area (Å²) in [4.78, 5) is 35.2. The minimum atomic E-state index is -0.852. The second-order valence-electron chi connectivity index (χ2n) is 9.19. The van der Waals surface area contributed by atoms with Gasteiger partial charge in [-0.05, 0) is 66.6 Å². The Balaban J connectivity index is 1.41. The molecule has 3 aromatic carbocycles. The summed E-state index contributed by atoms with van der Waals surface area (Å²) in [5, 5.41) is 16.5. The number of carbonyl (C=O) groups is 2. The first-order valence-electron chi connectivity index (χ1n) is 13.4. The Morgan fingerprint density at radius 3 is 2.38 bits per heavy atom. The van der Waals surface area contributed by atoms with Crippen LogP contribution in [0.1, 0.15) is 29.9 Å². The molecule has 0 bridgehead atoms. The highest BCUT2D eigenvalue weighted by Gasteiger charge is 2.34. The van der Waals surface area contributed by atoms with Crippen LogP contribution >= 0.6 is 11.8 Å². The molecule has 0 saturated carbocycles. The van der Waals surface area contributed by atoms with Gasteiger partial charge in [0.05, 0.1) is 23.8 Å². The number of nitrogens with zero attached hydrogens (tertiary/aromatic N) is 5. The molecular weight excluding hydrogens is 554 g/mol. The molecule has 2 heterocycles. The number of aromatic nitrogens is 2. The highest BCUT2D eigenvalue weighted by Crippen LogP contribution is 2.30. The van der Waals surface area contributed by atoms with Crippen molar-refractivity contribution >= 4 is 46.1 Å². The van der Waals surface area contributed by atoms with E-state index in [-0.39, 0.29) is 23.1 Å². The summed E-state index contributed by atoms with van der Waals surface area (Å²) >= 11 is 1.06. The van der Waals surface area contributed by atoms with Crippen molar-refractivity contribution in [3.63, 3.8) is 0 Å². The van der Waals surface area contributed by atoms with Crippen LogP contribution in [0.15, 0.2) is 94.1 Å². The number of hydrogen-bond acceptors (Lipinski definition) is 9. The van der Waals surface area contributed by atoms with E-state index in [1.54, 1.807) is 49.6 Å². The molecular formula is C31H29N5O5S. The number of thioether (sulfide) groups is 1. The molecule has 0 unspecified atom stereocenters. The van der Waals surface area contributed by atoms with E-state index in [0.717, 1.165) is 40.8 Å². The SMILES string of the molecule is CCN(CC)c1ccc(/C=C2/N=C(SCC(=O)c3c([O-])on[n+]3-c3ccc(OC)cc3)N(c3ccccc3)C2=O)cc1. The predicted molar refractivity (Wildman–Crippen MR) is 160 cm³/mol. The molecule has 10 nitrogen and oxygen atoms in total. The molecule has 1 aromatic heterocycles. The van der Waals surface area contributed by atoms with E-state index < -0.39 is 11.7 Å². The van der Waals surface area contributed by atoms with Gasteiger partial charge in [-0.15, -0.1) is 0 Å². The number of methoxy groups -OCH3 is 1. The molecule has 11 heteroatoms. The fraction of sp³-hybridized carbons (Fsp3) is 0.194. The van der Waals surface area contributed by atoms with Crippen molar-refractivity contribution < 1.29 is 28.6 Å². The number of ether oxygens (including phenoxy) is 1. The molecule has 0 atom stereocenters. The third-order valence-corrected chi connectivity index (χ3v) is 7.63. The molecule has 4 aromatic rings. The molecule has 0 spiro atoms. The van der Waals surface area contributed by atoms with E-state index in [2.05, 4.69) is 29.0 Å². The van der Waals surface area contributed by atoms with Crippen molar-refractivity contribution in [2.75, 3.05) is 35.8 Å². The average Bonchev–Trinajstić information content (AvgIpc) is 3.56. The third-order valence-electron chi connectivity index (χ3n) is 6.69. The summed E-state index contributed by atoms with van der Waals surface area (Å²) in [6.45, 7) is 6.00.